The topological polar surface area (TPSA) is 20.2 Å². The maximum atomic E-state index is 10.3. The van der Waals surface area contributed by atoms with E-state index in [0.717, 1.165) is 66.1 Å². The summed E-state index contributed by atoms with van der Waals surface area (Å²) in [6.45, 7) is 17.7. The summed E-state index contributed by atoms with van der Waals surface area (Å²) in [6.07, 6.45) is 15.1. The predicted molar refractivity (Wildman–Crippen MR) is 133 cm³/mol. The molecule has 0 spiro atoms. The van der Waals surface area contributed by atoms with Gasteiger partial charge in [-0.25, -0.2) is 0 Å². The molecule has 31 heavy (non-hydrogen) atoms. The molecular weight excluding hydrogens is 376 g/mol. The largest absolute Gasteiger partial charge is 0.393 e. The summed E-state index contributed by atoms with van der Waals surface area (Å²) in [5, 5.41) is 10.3. The fourth-order valence-electron chi connectivity index (χ4n) is 10.3. The maximum absolute atomic E-state index is 10.3. The highest BCUT2D eigenvalue weighted by Crippen LogP contribution is 2.68. The van der Waals surface area contributed by atoms with Crippen molar-refractivity contribution in [3.8, 4) is 0 Å². The molecular formula is C30H54O. The molecule has 1 nitrogen and oxygen atoms in total. The highest BCUT2D eigenvalue weighted by Gasteiger charge is 2.60. The Balaban J connectivity index is 1.44. The Labute approximate surface area is 194 Å². The quantitative estimate of drug-likeness (QED) is 0.449. The normalized spacial score (nSPS) is 46.2. The Hall–Kier alpha value is -0.0400. The number of aliphatic hydroxyl groups is 1. The van der Waals surface area contributed by atoms with Crippen molar-refractivity contribution in [2.24, 2.45) is 64.1 Å². The van der Waals surface area contributed by atoms with Crippen LogP contribution in [0.15, 0.2) is 0 Å². The molecule has 4 saturated carbocycles. The molecule has 0 bridgehead atoms. The first-order valence-electron chi connectivity index (χ1n) is 14.3. The van der Waals surface area contributed by atoms with Crippen molar-refractivity contribution in [1.29, 1.82) is 0 Å². The third kappa shape index (κ3) is 4.17. The van der Waals surface area contributed by atoms with Crippen LogP contribution in [-0.4, -0.2) is 11.2 Å². The Kier molecular flexibility index (Phi) is 6.96. The molecule has 0 aromatic carbocycles. The minimum atomic E-state index is -0.0132. The first-order valence-corrected chi connectivity index (χ1v) is 14.3. The van der Waals surface area contributed by atoms with Crippen LogP contribution in [0.3, 0.4) is 0 Å². The van der Waals surface area contributed by atoms with E-state index >= 15 is 0 Å². The second-order valence-electron chi connectivity index (χ2n) is 14.0. The minimum absolute atomic E-state index is 0.0132. The van der Waals surface area contributed by atoms with Gasteiger partial charge in [-0.3, -0.25) is 0 Å². The fourth-order valence-corrected chi connectivity index (χ4v) is 10.3. The summed E-state index contributed by atoms with van der Waals surface area (Å²) < 4.78 is 0. The molecule has 4 fully saturated rings. The molecule has 1 N–H and O–H groups in total. The number of fused-ring (bicyclic) bond motifs is 5. The summed E-state index contributed by atoms with van der Waals surface area (Å²) in [6, 6.07) is 0. The summed E-state index contributed by atoms with van der Waals surface area (Å²) >= 11 is 0. The fraction of sp³-hybridized carbons (Fsp3) is 1.00. The zero-order valence-corrected chi connectivity index (χ0v) is 22.0. The molecule has 0 amide bonds. The summed E-state index contributed by atoms with van der Waals surface area (Å²) in [5.74, 6) is 8.07. The van der Waals surface area contributed by atoms with Crippen molar-refractivity contribution >= 4 is 0 Å². The highest BCUT2D eigenvalue weighted by molar-refractivity contribution is 5.09. The van der Waals surface area contributed by atoms with Gasteiger partial charge in [0.1, 0.15) is 0 Å². The van der Waals surface area contributed by atoms with Gasteiger partial charge in [-0.05, 0) is 128 Å². The van der Waals surface area contributed by atoms with Gasteiger partial charge in [0.2, 0.25) is 0 Å². The van der Waals surface area contributed by atoms with Crippen LogP contribution in [-0.2, 0) is 0 Å². The summed E-state index contributed by atoms with van der Waals surface area (Å²) in [7, 11) is 0. The van der Waals surface area contributed by atoms with Crippen molar-refractivity contribution < 1.29 is 5.11 Å². The lowest BCUT2D eigenvalue weighted by molar-refractivity contribution is -0.129. The molecule has 2 unspecified atom stereocenters. The van der Waals surface area contributed by atoms with Crippen LogP contribution in [0.2, 0.25) is 0 Å². The van der Waals surface area contributed by atoms with E-state index < -0.39 is 0 Å². The van der Waals surface area contributed by atoms with Gasteiger partial charge in [0, 0.05) is 0 Å². The van der Waals surface area contributed by atoms with Gasteiger partial charge < -0.3 is 5.11 Å². The van der Waals surface area contributed by atoms with Gasteiger partial charge in [-0.1, -0.05) is 54.9 Å². The van der Waals surface area contributed by atoms with Gasteiger partial charge in [-0.15, -0.1) is 0 Å². The van der Waals surface area contributed by atoms with Crippen LogP contribution >= 0.6 is 0 Å². The van der Waals surface area contributed by atoms with E-state index in [4.69, 9.17) is 0 Å². The first kappa shape index (κ1) is 24.1. The molecule has 0 aromatic heterocycles. The van der Waals surface area contributed by atoms with Crippen LogP contribution in [0, 0.1) is 64.1 Å². The third-order valence-corrected chi connectivity index (χ3v) is 12.1. The van der Waals surface area contributed by atoms with Crippen molar-refractivity contribution in [2.45, 2.75) is 125 Å². The van der Waals surface area contributed by atoms with Gasteiger partial charge in [0.25, 0.3) is 0 Å². The van der Waals surface area contributed by atoms with Gasteiger partial charge in [0.15, 0.2) is 0 Å². The molecule has 0 aromatic rings. The van der Waals surface area contributed by atoms with Crippen molar-refractivity contribution in [3.63, 3.8) is 0 Å². The minimum Gasteiger partial charge on any atom is -0.393 e. The van der Waals surface area contributed by atoms with E-state index in [1.807, 2.05) is 0 Å². The second kappa shape index (κ2) is 8.96. The standard InChI is InChI=1S/C30H54O/c1-19(2)24(20(3)4)10-8-21(5)26-12-13-27-25-11-9-22-18-23(31)14-16-29(22,6)28(25)15-17-30(26,27)7/h19-28,31H,8-18H2,1-7H3/t21?,22?,23-,25-,26+,27-,28-,29-,30+/m0/s1. The maximum Gasteiger partial charge on any atom is 0.0543 e. The summed E-state index contributed by atoms with van der Waals surface area (Å²) in [5.41, 5.74) is 1.12. The molecule has 180 valence electrons. The Bertz CT molecular complexity index is 602. The van der Waals surface area contributed by atoms with Crippen LogP contribution in [0.4, 0.5) is 0 Å². The monoisotopic (exact) mass is 430 g/mol. The van der Waals surface area contributed by atoms with Gasteiger partial charge in [0.05, 0.1) is 6.10 Å². The van der Waals surface area contributed by atoms with Crippen LogP contribution in [0.1, 0.15) is 119 Å². The molecule has 1 heteroatoms. The van der Waals surface area contributed by atoms with Crippen LogP contribution < -0.4 is 0 Å². The predicted octanol–water partition coefficient (Wildman–Crippen LogP) is 8.35. The molecule has 9 atom stereocenters. The third-order valence-electron chi connectivity index (χ3n) is 12.1. The van der Waals surface area contributed by atoms with Crippen molar-refractivity contribution in [1.82, 2.24) is 0 Å². The number of aliphatic hydroxyl groups excluding tert-OH is 1. The SMILES string of the molecule is CC(C)C(CCC(C)[C@H]1CC[C@H]2[C@@H]3CCC4C[C@@H](O)CC[C@]4(C)[C@H]3CC[C@]12C)C(C)C. The smallest absolute Gasteiger partial charge is 0.0543 e. The van der Waals surface area contributed by atoms with E-state index in [1.165, 1.54) is 57.8 Å². The van der Waals surface area contributed by atoms with Crippen LogP contribution in [0.25, 0.3) is 0 Å². The lowest BCUT2D eigenvalue weighted by Crippen LogP contribution is -2.54. The highest BCUT2D eigenvalue weighted by atomic mass is 16.3. The van der Waals surface area contributed by atoms with E-state index in [0.29, 0.717) is 10.8 Å². The molecule has 4 aliphatic rings. The Morgan fingerprint density at radius 1 is 0.742 bits per heavy atom. The molecule has 0 heterocycles. The lowest BCUT2D eigenvalue weighted by Gasteiger charge is -2.61. The van der Waals surface area contributed by atoms with E-state index in [9.17, 15) is 5.11 Å². The number of hydrogen-bond donors (Lipinski definition) is 1. The van der Waals surface area contributed by atoms with Crippen molar-refractivity contribution in [2.75, 3.05) is 0 Å². The average Bonchev–Trinajstić information content (AvgIpc) is 3.05. The Morgan fingerprint density at radius 2 is 1.39 bits per heavy atom. The zero-order chi connectivity index (χ0) is 22.6. The molecule has 0 saturated heterocycles. The molecule has 4 rings (SSSR count). The molecule has 0 radical (unpaired) electrons. The zero-order valence-electron chi connectivity index (χ0n) is 22.0. The number of rotatable bonds is 6. The van der Waals surface area contributed by atoms with Crippen molar-refractivity contribution in [3.05, 3.63) is 0 Å². The second-order valence-corrected chi connectivity index (χ2v) is 14.0. The first-order chi connectivity index (χ1) is 14.6. The summed E-state index contributed by atoms with van der Waals surface area (Å²) in [4.78, 5) is 0. The van der Waals surface area contributed by atoms with E-state index in [2.05, 4.69) is 48.5 Å². The molecule has 0 aliphatic heterocycles. The van der Waals surface area contributed by atoms with E-state index in [-0.39, 0.29) is 6.10 Å². The Morgan fingerprint density at radius 3 is 2.06 bits per heavy atom. The van der Waals surface area contributed by atoms with E-state index in [1.54, 1.807) is 0 Å². The number of hydrogen-bond acceptors (Lipinski definition) is 1. The molecule has 4 aliphatic carbocycles. The van der Waals surface area contributed by atoms with Gasteiger partial charge >= 0.3 is 0 Å². The average molecular weight is 431 g/mol. The van der Waals surface area contributed by atoms with Crippen LogP contribution in [0.5, 0.6) is 0 Å². The van der Waals surface area contributed by atoms with Gasteiger partial charge in [-0.2, -0.15) is 0 Å². The lowest BCUT2D eigenvalue weighted by atomic mass is 9.44.